The Morgan fingerprint density at radius 3 is 2.23 bits per heavy atom. The molecule has 1 amide bonds. The summed E-state index contributed by atoms with van der Waals surface area (Å²) >= 11 is 1.50. The molecule has 0 atom stereocenters. The summed E-state index contributed by atoms with van der Waals surface area (Å²) in [5, 5.41) is 0.591. The molecule has 1 aliphatic heterocycles. The molecule has 170 valence electrons. The Bertz CT molecular complexity index is 1520. The van der Waals surface area contributed by atoms with Crippen molar-refractivity contribution in [3.05, 3.63) is 114 Å². The van der Waals surface area contributed by atoms with Crippen molar-refractivity contribution in [1.29, 1.82) is 0 Å². The summed E-state index contributed by atoms with van der Waals surface area (Å²) < 4.78 is 1.07. The van der Waals surface area contributed by atoms with Crippen LogP contribution in [0.4, 0.5) is 22.2 Å². The molecule has 0 radical (unpaired) electrons. The van der Waals surface area contributed by atoms with E-state index in [1.165, 1.54) is 16.9 Å². The number of aliphatic imine (C=N–C) groups is 1. The van der Waals surface area contributed by atoms with E-state index >= 15 is 0 Å². The minimum Gasteiger partial charge on any atom is -0.323 e. The van der Waals surface area contributed by atoms with Crippen LogP contribution >= 0.6 is 11.3 Å². The smallest absolute Gasteiger partial charge is 0.279 e. The van der Waals surface area contributed by atoms with Gasteiger partial charge in [0, 0.05) is 16.9 Å². The minimum absolute atomic E-state index is 0.126. The van der Waals surface area contributed by atoms with Gasteiger partial charge in [-0.2, -0.15) is 0 Å². The molecule has 0 N–H and O–H groups in total. The SMILES string of the molecule is Cc1ccc2nc(/N=C3\C(=O)N(CN(c4ccccc4)c4ccccc4)c4ccccc43)sc2c1. The lowest BCUT2D eigenvalue weighted by molar-refractivity contribution is -0.112. The van der Waals surface area contributed by atoms with E-state index in [0.29, 0.717) is 17.5 Å². The summed E-state index contributed by atoms with van der Waals surface area (Å²) in [5.41, 5.74) is 6.20. The topological polar surface area (TPSA) is 48.8 Å². The zero-order valence-corrected chi connectivity index (χ0v) is 19.9. The van der Waals surface area contributed by atoms with Crippen molar-refractivity contribution in [3.63, 3.8) is 0 Å². The number of carbonyl (C=O) groups excluding carboxylic acids is 1. The highest BCUT2D eigenvalue weighted by atomic mass is 32.1. The van der Waals surface area contributed by atoms with Crippen LogP contribution in [0.3, 0.4) is 0 Å². The largest absolute Gasteiger partial charge is 0.323 e. The van der Waals surface area contributed by atoms with Gasteiger partial charge >= 0.3 is 0 Å². The van der Waals surface area contributed by atoms with E-state index in [-0.39, 0.29) is 5.91 Å². The molecule has 1 aliphatic rings. The van der Waals surface area contributed by atoms with Crippen LogP contribution in [0.25, 0.3) is 10.2 Å². The van der Waals surface area contributed by atoms with E-state index in [0.717, 1.165) is 32.8 Å². The molecule has 1 aromatic heterocycles. The predicted octanol–water partition coefficient (Wildman–Crippen LogP) is 6.87. The van der Waals surface area contributed by atoms with Gasteiger partial charge in [-0.05, 0) is 55.0 Å². The zero-order chi connectivity index (χ0) is 23.8. The van der Waals surface area contributed by atoms with Crippen LogP contribution in [0.2, 0.25) is 0 Å². The van der Waals surface area contributed by atoms with Gasteiger partial charge in [0.2, 0.25) is 5.13 Å². The molecular weight excluding hydrogens is 452 g/mol. The van der Waals surface area contributed by atoms with Crippen LogP contribution in [0.5, 0.6) is 0 Å². The first-order chi connectivity index (χ1) is 17.2. The molecule has 0 saturated heterocycles. The van der Waals surface area contributed by atoms with Gasteiger partial charge < -0.3 is 4.90 Å². The van der Waals surface area contributed by atoms with E-state index in [2.05, 4.69) is 47.1 Å². The van der Waals surface area contributed by atoms with Gasteiger partial charge in [-0.25, -0.2) is 9.98 Å². The molecular formula is C29H22N4OS. The van der Waals surface area contributed by atoms with Gasteiger partial charge in [0.1, 0.15) is 12.4 Å². The number of anilines is 3. The number of hydrogen-bond acceptors (Lipinski definition) is 5. The first-order valence-corrected chi connectivity index (χ1v) is 12.2. The highest BCUT2D eigenvalue weighted by Crippen LogP contribution is 2.35. The van der Waals surface area contributed by atoms with E-state index in [1.807, 2.05) is 72.8 Å². The molecule has 6 heteroatoms. The molecule has 5 nitrogen and oxygen atoms in total. The molecule has 0 spiro atoms. The second-order valence-electron chi connectivity index (χ2n) is 8.42. The van der Waals surface area contributed by atoms with Crippen LogP contribution in [-0.2, 0) is 4.79 Å². The lowest BCUT2D eigenvalue weighted by atomic mass is 10.1. The minimum atomic E-state index is -0.126. The number of amides is 1. The Morgan fingerprint density at radius 2 is 1.51 bits per heavy atom. The van der Waals surface area contributed by atoms with Crippen molar-refractivity contribution in [1.82, 2.24) is 4.98 Å². The van der Waals surface area contributed by atoms with E-state index in [1.54, 1.807) is 4.90 Å². The van der Waals surface area contributed by atoms with Crippen LogP contribution < -0.4 is 9.80 Å². The van der Waals surface area contributed by atoms with Crippen LogP contribution in [0, 0.1) is 6.92 Å². The van der Waals surface area contributed by atoms with Crippen LogP contribution in [0.1, 0.15) is 11.1 Å². The number of carbonyl (C=O) groups is 1. The fourth-order valence-electron chi connectivity index (χ4n) is 4.34. The fourth-order valence-corrected chi connectivity index (χ4v) is 5.28. The Labute approximate surface area is 207 Å². The van der Waals surface area contributed by atoms with Gasteiger partial charge in [-0.1, -0.05) is 72.0 Å². The first-order valence-electron chi connectivity index (χ1n) is 11.4. The van der Waals surface area contributed by atoms with Crippen LogP contribution in [0.15, 0.2) is 108 Å². The molecule has 0 bridgehead atoms. The normalized spacial score (nSPS) is 14.0. The summed E-state index contributed by atoms with van der Waals surface area (Å²) in [5.74, 6) is -0.126. The monoisotopic (exact) mass is 474 g/mol. The number of benzene rings is 4. The molecule has 2 heterocycles. The summed E-state index contributed by atoms with van der Waals surface area (Å²) in [6.45, 7) is 2.42. The van der Waals surface area contributed by atoms with E-state index < -0.39 is 0 Å². The molecule has 6 rings (SSSR count). The lowest BCUT2D eigenvalue weighted by Crippen LogP contribution is -2.39. The highest BCUT2D eigenvalue weighted by molar-refractivity contribution is 7.22. The number of thiazole rings is 1. The maximum atomic E-state index is 13.8. The molecule has 35 heavy (non-hydrogen) atoms. The molecule has 0 aliphatic carbocycles. The molecule has 0 fully saturated rings. The maximum Gasteiger partial charge on any atom is 0.279 e. The highest BCUT2D eigenvalue weighted by Gasteiger charge is 2.35. The maximum absolute atomic E-state index is 13.8. The van der Waals surface area contributed by atoms with Gasteiger partial charge in [-0.15, -0.1) is 0 Å². The zero-order valence-electron chi connectivity index (χ0n) is 19.1. The molecule has 0 unspecified atom stereocenters. The van der Waals surface area contributed by atoms with Crippen LogP contribution in [-0.4, -0.2) is 23.3 Å². The van der Waals surface area contributed by atoms with Crippen molar-refractivity contribution >= 4 is 55.4 Å². The van der Waals surface area contributed by atoms with Crippen molar-refractivity contribution in [2.75, 3.05) is 16.5 Å². The molecule has 0 saturated carbocycles. The third-order valence-corrected chi connectivity index (χ3v) is 6.97. The Hall–Kier alpha value is -4.29. The number of nitrogens with zero attached hydrogens (tertiary/aromatic N) is 4. The third-order valence-electron chi connectivity index (χ3n) is 6.06. The Morgan fingerprint density at radius 1 is 0.857 bits per heavy atom. The van der Waals surface area contributed by atoms with Crippen molar-refractivity contribution in [2.24, 2.45) is 4.99 Å². The number of rotatable bonds is 5. The summed E-state index contributed by atoms with van der Waals surface area (Å²) in [6, 6.07) is 34.2. The lowest BCUT2D eigenvalue weighted by Gasteiger charge is -2.30. The summed E-state index contributed by atoms with van der Waals surface area (Å²) in [6.07, 6.45) is 0. The Balaban J connectivity index is 1.41. The quantitative estimate of drug-likeness (QED) is 0.279. The fraction of sp³-hybridized carbons (Fsp3) is 0.0690. The van der Waals surface area contributed by atoms with Gasteiger partial charge in [0.05, 0.1) is 15.9 Å². The Kier molecular flexibility index (Phi) is 5.35. The first kappa shape index (κ1) is 21.3. The molecule has 4 aromatic carbocycles. The number of para-hydroxylation sites is 3. The van der Waals surface area contributed by atoms with E-state index in [9.17, 15) is 4.79 Å². The number of aryl methyl sites for hydroxylation is 1. The molecule has 5 aromatic rings. The second kappa shape index (κ2) is 8.81. The van der Waals surface area contributed by atoms with Gasteiger partial charge in [0.15, 0.2) is 0 Å². The summed E-state index contributed by atoms with van der Waals surface area (Å²) in [4.78, 5) is 27.1. The second-order valence-corrected chi connectivity index (χ2v) is 9.43. The number of aromatic nitrogens is 1. The van der Waals surface area contributed by atoms with Crippen molar-refractivity contribution < 1.29 is 4.79 Å². The van der Waals surface area contributed by atoms with Gasteiger partial charge in [-0.3, -0.25) is 9.69 Å². The standard InChI is InChI=1S/C29H22N4OS/c1-20-16-17-24-26(18-20)35-29(30-24)31-27-23-14-8-9-15-25(23)33(28(27)34)19-32(21-10-4-2-5-11-21)22-12-6-3-7-13-22/h2-18H,19H2,1H3/b31-27-. The average molecular weight is 475 g/mol. The van der Waals surface area contributed by atoms with Gasteiger partial charge in [0.25, 0.3) is 5.91 Å². The predicted molar refractivity (Wildman–Crippen MR) is 144 cm³/mol. The number of fused-ring (bicyclic) bond motifs is 2. The van der Waals surface area contributed by atoms with Crippen molar-refractivity contribution in [2.45, 2.75) is 6.92 Å². The average Bonchev–Trinajstić information content (AvgIpc) is 3.41. The van der Waals surface area contributed by atoms with Crippen molar-refractivity contribution in [3.8, 4) is 0 Å². The van der Waals surface area contributed by atoms with E-state index in [4.69, 9.17) is 4.99 Å². The third kappa shape index (κ3) is 3.98. The number of hydrogen-bond donors (Lipinski definition) is 0. The summed E-state index contributed by atoms with van der Waals surface area (Å²) in [7, 11) is 0.